The first kappa shape index (κ1) is 17.8. The molecule has 0 radical (unpaired) electrons. The summed E-state index contributed by atoms with van der Waals surface area (Å²) in [5.74, 6) is -0.574. The van der Waals surface area contributed by atoms with Crippen LogP contribution in [-0.2, 0) is 9.53 Å². The van der Waals surface area contributed by atoms with Gasteiger partial charge in [0.25, 0.3) is 5.91 Å². The number of piperazine rings is 1. The van der Waals surface area contributed by atoms with Crippen molar-refractivity contribution in [2.24, 2.45) is 0 Å². The van der Waals surface area contributed by atoms with E-state index in [1.165, 1.54) is 7.11 Å². The summed E-state index contributed by atoms with van der Waals surface area (Å²) in [6.45, 7) is 3.26. The molecule has 3 amide bonds. The molecule has 1 aliphatic heterocycles. The van der Waals surface area contributed by atoms with Gasteiger partial charge in [-0.25, -0.2) is 9.59 Å². The fourth-order valence-corrected chi connectivity index (χ4v) is 2.98. The number of ether oxygens (including phenoxy) is 1. The molecule has 1 fully saturated rings. The summed E-state index contributed by atoms with van der Waals surface area (Å²) < 4.78 is 4.59. The van der Waals surface area contributed by atoms with Crippen LogP contribution in [0.15, 0.2) is 30.3 Å². The lowest BCUT2D eigenvalue weighted by Gasteiger charge is -2.34. The van der Waals surface area contributed by atoms with Gasteiger partial charge in [0.15, 0.2) is 0 Å². The summed E-state index contributed by atoms with van der Waals surface area (Å²) in [6, 6.07) is 8.52. The second-order valence-electron chi connectivity index (χ2n) is 6.24. The van der Waals surface area contributed by atoms with Crippen LogP contribution in [0, 0.1) is 0 Å². The molecule has 0 saturated carbocycles. The topological polar surface area (TPSA) is 94.7 Å². The minimum Gasteiger partial charge on any atom is -0.467 e. The number of esters is 1. The van der Waals surface area contributed by atoms with Crippen LogP contribution >= 0.6 is 0 Å². The monoisotopic (exact) mass is 358 g/mol. The van der Waals surface area contributed by atoms with Gasteiger partial charge < -0.3 is 24.8 Å². The van der Waals surface area contributed by atoms with Gasteiger partial charge in [-0.15, -0.1) is 0 Å². The number of hydrogen-bond acceptors (Lipinski definition) is 4. The number of urea groups is 1. The number of aromatic amines is 1. The molecule has 2 heterocycles. The van der Waals surface area contributed by atoms with Gasteiger partial charge >= 0.3 is 12.0 Å². The maximum absolute atomic E-state index is 12.7. The number of carbonyl (C=O) groups excluding carboxylic acids is 3. The largest absolute Gasteiger partial charge is 0.467 e. The van der Waals surface area contributed by atoms with Crippen LogP contribution in [0.4, 0.5) is 4.79 Å². The lowest BCUT2D eigenvalue weighted by Crippen LogP contribution is -2.55. The average Bonchev–Trinajstić information content (AvgIpc) is 3.11. The van der Waals surface area contributed by atoms with Crippen LogP contribution in [0.3, 0.4) is 0 Å². The maximum Gasteiger partial charge on any atom is 0.328 e. The Morgan fingerprint density at radius 3 is 2.42 bits per heavy atom. The van der Waals surface area contributed by atoms with Crippen LogP contribution < -0.4 is 5.32 Å². The molecule has 8 nitrogen and oxygen atoms in total. The molecule has 26 heavy (non-hydrogen) atoms. The molecule has 1 aliphatic rings. The van der Waals surface area contributed by atoms with E-state index in [0.717, 1.165) is 10.9 Å². The van der Waals surface area contributed by atoms with Crippen LogP contribution in [0.1, 0.15) is 17.4 Å². The van der Waals surface area contributed by atoms with E-state index in [4.69, 9.17) is 0 Å². The highest BCUT2D eigenvalue weighted by molar-refractivity contribution is 5.98. The van der Waals surface area contributed by atoms with Crippen molar-refractivity contribution in [1.29, 1.82) is 0 Å². The smallest absolute Gasteiger partial charge is 0.328 e. The molecule has 0 spiro atoms. The zero-order valence-electron chi connectivity index (χ0n) is 14.8. The Hall–Kier alpha value is -3.03. The molecule has 138 valence electrons. The van der Waals surface area contributed by atoms with E-state index in [-0.39, 0.29) is 11.9 Å². The van der Waals surface area contributed by atoms with E-state index in [1.54, 1.807) is 16.7 Å². The number of benzene rings is 1. The van der Waals surface area contributed by atoms with Gasteiger partial charge in [0, 0.05) is 37.1 Å². The summed E-state index contributed by atoms with van der Waals surface area (Å²) in [7, 11) is 1.28. The van der Waals surface area contributed by atoms with Crippen molar-refractivity contribution >= 4 is 28.8 Å². The van der Waals surface area contributed by atoms with Crippen LogP contribution in [0.25, 0.3) is 10.9 Å². The van der Waals surface area contributed by atoms with E-state index in [9.17, 15) is 14.4 Å². The number of aromatic nitrogens is 1. The van der Waals surface area contributed by atoms with Gasteiger partial charge in [-0.2, -0.15) is 0 Å². The third kappa shape index (κ3) is 3.63. The molecule has 2 N–H and O–H groups in total. The number of amides is 3. The minimum atomic E-state index is -0.710. The Morgan fingerprint density at radius 2 is 1.77 bits per heavy atom. The number of hydrogen-bond donors (Lipinski definition) is 2. The summed E-state index contributed by atoms with van der Waals surface area (Å²) in [5, 5.41) is 3.59. The zero-order chi connectivity index (χ0) is 18.7. The quantitative estimate of drug-likeness (QED) is 0.806. The first-order valence-corrected chi connectivity index (χ1v) is 8.50. The van der Waals surface area contributed by atoms with E-state index < -0.39 is 12.0 Å². The van der Waals surface area contributed by atoms with Crippen LogP contribution in [0.5, 0.6) is 0 Å². The van der Waals surface area contributed by atoms with Gasteiger partial charge in [0.1, 0.15) is 11.7 Å². The number of rotatable bonds is 3. The number of carbonyl (C=O) groups is 3. The molecule has 1 aromatic heterocycles. The highest BCUT2D eigenvalue weighted by atomic mass is 16.5. The Balaban J connectivity index is 1.57. The third-order valence-electron chi connectivity index (χ3n) is 4.51. The minimum absolute atomic E-state index is 0.0795. The Bertz CT molecular complexity index is 790. The predicted octanol–water partition coefficient (Wildman–Crippen LogP) is 1.20. The van der Waals surface area contributed by atoms with Gasteiger partial charge in [-0.3, -0.25) is 4.79 Å². The average molecular weight is 358 g/mol. The number of nitrogens with zero attached hydrogens (tertiary/aromatic N) is 2. The molecule has 1 atom stereocenters. The second kappa shape index (κ2) is 7.47. The lowest BCUT2D eigenvalue weighted by atomic mass is 10.2. The van der Waals surface area contributed by atoms with Gasteiger partial charge in [0.05, 0.1) is 7.11 Å². The summed E-state index contributed by atoms with van der Waals surface area (Å²) in [6.07, 6.45) is 0. The Kier molecular flexibility index (Phi) is 5.11. The molecule has 1 aromatic carbocycles. The van der Waals surface area contributed by atoms with Crippen LogP contribution in [-0.4, -0.2) is 72.0 Å². The first-order chi connectivity index (χ1) is 12.5. The Morgan fingerprint density at radius 1 is 1.12 bits per heavy atom. The number of methoxy groups -OCH3 is 1. The van der Waals surface area contributed by atoms with Crippen molar-refractivity contribution in [3.8, 4) is 0 Å². The lowest BCUT2D eigenvalue weighted by molar-refractivity contribution is -0.142. The maximum atomic E-state index is 12.7. The third-order valence-corrected chi connectivity index (χ3v) is 4.51. The number of fused-ring (bicyclic) bond motifs is 1. The zero-order valence-corrected chi connectivity index (χ0v) is 14.8. The number of H-pyrrole nitrogens is 1. The predicted molar refractivity (Wildman–Crippen MR) is 95.8 cm³/mol. The fraction of sp³-hybridized carbons (Fsp3) is 0.389. The second-order valence-corrected chi connectivity index (χ2v) is 6.24. The Labute approximate surface area is 151 Å². The number of nitrogens with one attached hydrogen (secondary N) is 2. The van der Waals surface area contributed by atoms with Crippen molar-refractivity contribution in [3.05, 3.63) is 36.0 Å². The standard InChI is InChI=1S/C18H22N4O4/c1-12(17(24)26-2)19-18(25)22-9-7-21(8-10-22)16(23)15-11-13-5-3-4-6-14(13)20-15/h3-6,11-12,20H,7-10H2,1-2H3,(H,19,25)/t12-/m0/s1. The molecule has 0 aliphatic carbocycles. The van der Waals surface area contributed by atoms with Crippen molar-refractivity contribution in [2.75, 3.05) is 33.3 Å². The summed E-state index contributed by atoms with van der Waals surface area (Å²) in [4.78, 5) is 42.7. The molecular formula is C18H22N4O4. The summed E-state index contributed by atoms with van der Waals surface area (Å²) in [5.41, 5.74) is 1.47. The molecule has 0 bridgehead atoms. The SMILES string of the molecule is COC(=O)[C@H](C)NC(=O)N1CCN(C(=O)c2cc3ccccc3[nH]2)CC1. The van der Waals surface area contributed by atoms with Crippen molar-refractivity contribution < 1.29 is 19.1 Å². The first-order valence-electron chi connectivity index (χ1n) is 8.50. The van der Waals surface area contributed by atoms with Crippen LogP contribution in [0.2, 0.25) is 0 Å². The van der Waals surface area contributed by atoms with Crippen molar-refractivity contribution in [3.63, 3.8) is 0 Å². The van der Waals surface area contributed by atoms with E-state index >= 15 is 0 Å². The summed E-state index contributed by atoms with van der Waals surface area (Å²) >= 11 is 0. The van der Waals surface area contributed by atoms with E-state index in [1.807, 2.05) is 30.3 Å². The highest BCUT2D eigenvalue weighted by Crippen LogP contribution is 2.17. The molecule has 2 aromatic rings. The van der Waals surface area contributed by atoms with Crippen molar-refractivity contribution in [1.82, 2.24) is 20.1 Å². The number of para-hydroxylation sites is 1. The van der Waals surface area contributed by atoms with E-state index in [2.05, 4.69) is 15.0 Å². The molecule has 3 rings (SSSR count). The molecule has 1 saturated heterocycles. The fourth-order valence-electron chi connectivity index (χ4n) is 2.98. The van der Waals surface area contributed by atoms with Crippen molar-refractivity contribution in [2.45, 2.75) is 13.0 Å². The molecule has 0 unspecified atom stereocenters. The molecule has 8 heteroatoms. The van der Waals surface area contributed by atoms with Gasteiger partial charge in [-0.05, 0) is 19.1 Å². The molecular weight excluding hydrogens is 336 g/mol. The normalized spacial score (nSPS) is 15.6. The highest BCUT2D eigenvalue weighted by Gasteiger charge is 2.27. The van der Waals surface area contributed by atoms with Gasteiger partial charge in [-0.1, -0.05) is 18.2 Å². The van der Waals surface area contributed by atoms with E-state index in [0.29, 0.717) is 31.9 Å². The van der Waals surface area contributed by atoms with Gasteiger partial charge in [0.2, 0.25) is 0 Å².